The van der Waals surface area contributed by atoms with E-state index in [0.29, 0.717) is 11.5 Å². The Morgan fingerprint density at radius 2 is 2.29 bits per heavy atom. The van der Waals surface area contributed by atoms with Gasteiger partial charge in [-0.2, -0.15) is 9.29 Å². The predicted octanol–water partition coefficient (Wildman–Crippen LogP) is 0.464. The number of sulfonamides is 1. The Bertz CT molecular complexity index is 694. The third-order valence-electron chi connectivity index (χ3n) is 3.05. The molecular weight excluding hydrogens is 314 g/mol. The predicted molar refractivity (Wildman–Crippen MR) is 81.6 cm³/mol. The molecule has 0 unspecified atom stereocenters. The van der Waals surface area contributed by atoms with Crippen molar-refractivity contribution in [1.82, 2.24) is 13.7 Å². The maximum Gasteiger partial charge on any atom is 0.263 e. The quantitative estimate of drug-likeness (QED) is 0.478. The molecule has 0 atom stereocenters. The van der Waals surface area contributed by atoms with Gasteiger partial charge in [-0.1, -0.05) is 13.3 Å². The molecule has 0 saturated carbocycles. The highest BCUT2D eigenvalue weighted by Crippen LogP contribution is 2.27. The molecule has 10 heteroatoms. The number of anilines is 1. The van der Waals surface area contributed by atoms with Crippen LogP contribution in [0.4, 0.5) is 5.82 Å². The maximum atomic E-state index is 12.8. The number of unbranched alkanes of at least 4 members (excludes halogenated alkanes) is 1. The summed E-state index contributed by atoms with van der Waals surface area (Å²) < 4.78 is 28.4. The van der Waals surface area contributed by atoms with Crippen molar-refractivity contribution in [3.8, 4) is 0 Å². The Hall–Kier alpha value is -1.20. The molecule has 4 N–H and O–H groups in total. The van der Waals surface area contributed by atoms with Crippen molar-refractivity contribution < 1.29 is 13.5 Å². The zero-order chi connectivity index (χ0) is 15.5. The Labute approximate surface area is 127 Å². The second-order valence-corrected chi connectivity index (χ2v) is 7.17. The van der Waals surface area contributed by atoms with E-state index in [1.165, 1.54) is 20.0 Å². The molecule has 2 heterocycles. The molecule has 0 radical (unpaired) electrons. The van der Waals surface area contributed by atoms with Crippen LogP contribution >= 0.6 is 11.3 Å². The second kappa shape index (κ2) is 6.71. The average Bonchev–Trinajstić information content (AvgIpc) is 3.02. The lowest BCUT2D eigenvalue weighted by Crippen LogP contribution is -2.35. The highest BCUT2D eigenvalue weighted by atomic mass is 32.2. The van der Waals surface area contributed by atoms with Crippen molar-refractivity contribution in [3.63, 3.8) is 0 Å². The number of aromatic nitrogens is 2. The van der Waals surface area contributed by atoms with Crippen molar-refractivity contribution in [3.05, 3.63) is 11.6 Å². The summed E-state index contributed by atoms with van der Waals surface area (Å²) in [5.74, 6) is 5.50. The molecule has 0 bridgehead atoms. The minimum Gasteiger partial charge on any atom is -0.395 e. The van der Waals surface area contributed by atoms with Gasteiger partial charge in [-0.3, -0.25) is 4.40 Å². The monoisotopic (exact) mass is 333 g/mol. The van der Waals surface area contributed by atoms with Gasteiger partial charge in [0, 0.05) is 24.7 Å². The van der Waals surface area contributed by atoms with Gasteiger partial charge in [0.2, 0.25) is 5.03 Å². The summed E-state index contributed by atoms with van der Waals surface area (Å²) in [5.41, 5.74) is 2.34. The van der Waals surface area contributed by atoms with Crippen LogP contribution in [0.3, 0.4) is 0 Å². The van der Waals surface area contributed by atoms with Crippen LogP contribution in [0.5, 0.6) is 0 Å². The SMILES string of the molecule is CCCCN(CCO)S(=O)(=O)c1c(NN)nc2sccn12. The summed E-state index contributed by atoms with van der Waals surface area (Å²) in [6, 6.07) is 0. The topological polar surface area (TPSA) is 113 Å². The molecule has 118 valence electrons. The first-order valence-electron chi connectivity index (χ1n) is 6.59. The third-order valence-corrected chi connectivity index (χ3v) is 5.73. The van der Waals surface area contributed by atoms with E-state index in [-0.39, 0.29) is 24.0 Å². The van der Waals surface area contributed by atoms with Crippen LogP contribution < -0.4 is 11.3 Å². The zero-order valence-corrected chi connectivity index (χ0v) is 13.3. The molecule has 8 nitrogen and oxygen atoms in total. The first-order valence-corrected chi connectivity index (χ1v) is 8.91. The number of imidazole rings is 1. The lowest BCUT2D eigenvalue weighted by molar-refractivity contribution is 0.252. The molecule has 21 heavy (non-hydrogen) atoms. The standard InChI is InChI=1S/C11H19N5O3S2/c1-2-3-4-15(5-7-17)21(18,19)10-9(14-12)13-11-16(10)6-8-20-11/h6,8,14,17H,2-5,7,12H2,1H3. The average molecular weight is 333 g/mol. The number of nitrogens with zero attached hydrogens (tertiary/aromatic N) is 3. The number of hydrazine groups is 1. The van der Waals surface area contributed by atoms with Gasteiger partial charge in [-0.25, -0.2) is 14.3 Å². The Morgan fingerprint density at radius 1 is 1.52 bits per heavy atom. The van der Waals surface area contributed by atoms with E-state index in [9.17, 15) is 8.42 Å². The van der Waals surface area contributed by atoms with Gasteiger partial charge in [0.15, 0.2) is 10.8 Å². The van der Waals surface area contributed by atoms with E-state index in [2.05, 4.69) is 10.4 Å². The molecule has 0 amide bonds. The number of fused-ring (bicyclic) bond motifs is 1. The van der Waals surface area contributed by atoms with Crippen LogP contribution in [0.2, 0.25) is 0 Å². The second-order valence-electron chi connectivity index (χ2n) is 4.45. The fourth-order valence-corrected chi connectivity index (χ4v) is 4.48. The Morgan fingerprint density at radius 3 is 2.90 bits per heavy atom. The number of aliphatic hydroxyl groups excluding tert-OH is 1. The number of hydrogen-bond donors (Lipinski definition) is 3. The molecule has 2 aromatic rings. The molecule has 0 aromatic carbocycles. The van der Waals surface area contributed by atoms with Crippen molar-refractivity contribution in [2.24, 2.45) is 5.84 Å². The molecule has 0 aliphatic carbocycles. The van der Waals surface area contributed by atoms with Crippen LogP contribution in [0.1, 0.15) is 19.8 Å². The molecule has 0 fully saturated rings. The summed E-state index contributed by atoms with van der Waals surface area (Å²) in [7, 11) is -3.79. The fraction of sp³-hybridized carbons (Fsp3) is 0.545. The van der Waals surface area contributed by atoms with Crippen LogP contribution in [0.25, 0.3) is 4.96 Å². The van der Waals surface area contributed by atoms with Crippen molar-refractivity contribution >= 4 is 32.1 Å². The van der Waals surface area contributed by atoms with E-state index in [1.54, 1.807) is 11.6 Å². The number of nitrogens with two attached hydrogens (primary N) is 1. The lowest BCUT2D eigenvalue weighted by atomic mass is 10.3. The van der Waals surface area contributed by atoms with Crippen LogP contribution in [-0.4, -0.2) is 46.9 Å². The normalized spacial score (nSPS) is 12.4. The van der Waals surface area contributed by atoms with Gasteiger partial charge < -0.3 is 10.5 Å². The minimum atomic E-state index is -3.79. The van der Waals surface area contributed by atoms with Crippen LogP contribution in [-0.2, 0) is 10.0 Å². The van der Waals surface area contributed by atoms with E-state index in [0.717, 1.165) is 12.8 Å². The number of hydrogen-bond acceptors (Lipinski definition) is 7. The summed E-state index contributed by atoms with van der Waals surface area (Å²) in [6.07, 6.45) is 3.22. The first-order chi connectivity index (χ1) is 10.1. The van der Waals surface area contributed by atoms with Gasteiger partial charge in [-0.05, 0) is 6.42 Å². The van der Waals surface area contributed by atoms with E-state index < -0.39 is 10.0 Å². The number of nitrogen functional groups attached to an aromatic ring is 1. The van der Waals surface area contributed by atoms with Gasteiger partial charge in [0.25, 0.3) is 10.0 Å². The first kappa shape index (κ1) is 16.2. The van der Waals surface area contributed by atoms with Crippen LogP contribution in [0.15, 0.2) is 16.6 Å². The number of thiazole rings is 1. The van der Waals surface area contributed by atoms with Crippen molar-refractivity contribution in [2.75, 3.05) is 25.1 Å². The van der Waals surface area contributed by atoms with Gasteiger partial charge >= 0.3 is 0 Å². The van der Waals surface area contributed by atoms with Crippen molar-refractivity contribution in [2.45, 2.75) is 24.8 Å². The largest absolute Gasteiger partial charge is 0.395 e. The summed E-state index contributed by atoms with van der Waals surface area (Å²) in [4.78, 5) is 4.70. The lowest BCUT2D eigenvalue weighted by Gasteiger charge is -2.21. The smallest absolute Gasteiger partial charge is 0.263 e. The third kappa shape index (κ3) is 3.04. The fourth-order valence-electron chi connectivity index (χ4n) is 2.03. The number of nitrogens with one attached hydrogen (secondary N) is 1. The van der Waals surface area contributed by atoms with E-state index in [4.69, 9.17) is 10.9 Å². The van der Waals surface area contributed by atoms with Crippen LogP contribution in [0, 0.1) is 0 Å². The molecule has 0 aliphatic heterocycles. The molecule has 0 saturated heterocycles. The molecule has 0 aliphatic rings. The van der Waals surface area contributed by atoms with Gasteiger partial charge in [0.1, 0.15) is 0 Å². The minimum absolute atomic E-state index is 0.00537. The summed E-state index contributed by atoms with van der Waals surface area (Å²) >= 11 is 1.32. The Kier molecular flexibility index (Phi) is 5.17. The summed E-state index contributed by atoms with van der Waals surface area (Å²) in [6.45, 7) is 2.14. The highest BCUT2D eigenvalue weighted by molar-refractivity contribution is 7.89. The van der Waals surface area contributed by atoms with Gasteiger partial charge in [0.05, 0.1) is 6.61 Å². The highest BCUT2D eigenvalue weighted by Gasteiger charge is 2.31. The molecule has 0 spiro atoms. The number of aliphatic hydroxyl groups is 1. The maximum absolute atomic E-state index is 12.8. The zero-order valence-electron chi connectivity index (χ0n) is 11.7. The summed E-state index contributed by atoms with van der Waals surface area (Å²) in [5, 5.41) is 10.9. The van der Waals surface area contributed by atoms with E-state index in [1.807, 2.05) is 6.92 Å². The van der Waals surface area contributed by atoms with E-state index >= 15 is 0 Å². The molecule has 2 aromatic heterocycles. The molecule has 2 rings (SSSR count). The Balaban J connectivity index is 2.49. The number of rotatable bonds is 8. The molecular formula is C11H19N5O3S2. The van der Waals surface area contributed by atoms with Gasteiger partial charge in [-0.15, -0.1) is 11.3 Å². The van der Waals surface area contributed by atoms with Crippen molar-refractivity contribution in [1.29, 1.82) is 0 Å².